The molecule has 0 amide bonds. The van der Waals surface area contributed by atoms with Gasteiger partial charge >= 0.3 is 0 Å². The van der Waals surface area contributed by atoms with E-state index in [2.05, 4.69) is 14.7 Å². The normalized spacial score (nSPS) is 17.0. The summed E-state index contributed by atoms with van der Waals surface area (Å²) < 4.78 is 4.12. The maximum Gasteiger partial charge on any atom is 0.202 e. The minimum absolute atomic E-state index is 0.871. The van der Waals surface area contributed by atoms with E-state index in [9.17, 15) is 0 Å². The number of hydrogen-bond donors (Lipinski definition) is 1. The van der Waals surface area contributed by atoms with Crippen molar-refractivity contribution in [2.45, 2.75) is 32.6 Å². The molecule has 1 aliphatic carbocycles. The van der Waals surface area contributed by atoms with Gasteiger partial charge in [0.05, 0.1) is 0 Å². The molecule has 0 saturated heterocycles. The summed E-state index contributed by atoms with van der Waals surface area (Å²) in [5.41, 5.74) is 0. The van der Waals surface area contributed by atoms with Crippen LogP contribution in [0.25, 0.3) is 0 Å². The molecule has 0 bridgehead atoms. The first-order valence-corrected chi connectivity index (χ1v) is 5.66. The first kappa shape index (κ1) is 8.94. The summed E-state index contributed by atoms with van der Waals surface area (Å²) in [6.45, 7) is 2.98. The molecule has 1 aromatic heterocycles. The first-order valence-electron chi connectivity index (χ1n) is 4.89. The van der Waals surface area contributed by atoms with Gasteiger partial charge in [0.25, 0.3) is 0 Å². The van der Waals surface area contributed by atoms with Crippen LogP contribution in [0.15, 0.2) is 0 Å². The van der Waals surface area contributed by atoms with Gasteiger partial charge in [-0.15, -0.1) is 0 Å². The lowest BCUT2D eigenvalue weighted by atomic mass is 9.83. The van der Waals surface area contributed by atoms with Crippen molar-refractivity contribution in [3.05, 3.63) is 5.82 Å². The van der Waals surface area contributed by atoms with Crippen LogP contribution in [0.4, 0.5) is 5.13 Å². The molecule has 0 atom stereocenters. The number of aryl methyl sites for hydroxylation is 1. The lowest BCUT2D eigenvalue weighted by Crippen LogP contribution is -2.15. The maximum absolute atomic E-state index is 4.25. The van der Waals surface area contributed by atoms with Crippen LogP contribution < -0.4 is 5.32 Å². The molecular formula is C9H15N3S. The molecule has 1 N–H and O–H groups in total. The topological polar surface area (TPSA) is 37.8 Å². The van der Waals surface area contributed by atoms with E-state index < -0.39 is 0 Å². The van der Waals surface area contributed by atoms with Gasteiger partial charge in [-0.1, -0.05) is 19.3 Å². The Labute approximate surface area is 82.8 Å². The van der Waals surface area contributed by atoms with Crippen molar-refractivity contribution in [2.75, 3.05) is 11.9 Å². The van der Waals surface area contributed by atoms with Gasteiger partial charge in [-0.2, -0.15) is 4.37 Å². The minimum Gasteiger partial charge on any atom is -0.360 e. The summed E-state index contributed by atoms with van der Waals surface area (Å²) in [4.78, 5) is 4.25. The highest BCUT2D eigenvalue weighted by Gasteiger charge is 2.16. The highest BCUT2D eigenvalue weighted by Crippen LogP contribution is 2.29. The summed E-state index contributed by atoms with van der Waals surface area (Å²) in [7, 11) is 0. The Morgan fingerprint density at radius 2 is 2.38 bits per heavy atom. The monoisotopic (exact) mass is 197 g/mol. The Bertz CT molecular complexity index is 268. The molecule has 0 unspecified atom stereocenters. The zero-order chi connectivity index (χ0) is 9.10. The molecule has 1 aliphatic rings. The van der Waals surface area contributed by atoms with Crippen LogP contribution in [0, 0.1) is 12.8 Å². The number of nitrogens with zero attached hydrogens (tertiary/aromatic N) is 2. The van der Waals surface area contributed by atoms with E-state index in [4.69, 9.17) is 0 Å². The van der Waals surface area contributed by atoms with Gasteiger partial charge in [0, 0.05) is 18.1 Å². The van der Waals surface area contributed by atoms with Gasteiger partial charge in [-0.25, -0.2) is 4.98 Å². The minimum atomic E-state index is 0.871. The number of rotatable bonds is 4. The van der Waals surface area contributed by atoms with Crippen LogP contribution in [0.5, 0.6) is 0 Å². The van der Waals surface area contributed by atoms with E-state index in [1.165, 1.54) is 37.2 Å². The lowest BCUT2D eigenvalue weighted by molar-refractivity contribution is 0.303. The van der Waals surface area contributed by atoms with E-state index in [1.54, 1.807) is 0 Å². The Morgan fingerprint density at radius 1 is 1.54 bits per heavy atom. The van der Waals surface area contributed by atoms with Crippen LogP contribution >= 0.6 is 11.5 Å². The summed E-state index contributed by atoms with van der Waals surface area (Å²) in [5, 5.41) is 4.28. The van der Waals surface area contributed by atoms with E-state index >= 15 is 0 Å². The largest absolute Gasteiger partial charge is 0.360 e. The quantitative estimate of drug-likeness (QED) is 0.805. The maximum atomic E-state index is 4.25. The molecule has 2 rings (SSSR count). The third-order valence-corrected chi connectivity index (χ3v) is 3.35. The summed E-state index contributed by atoms with van der Waals surface area (Å²) in [5.74, 6) is 1.85. The fraction of sp³-hybridized carbons (Fsp3) is 0.778. The molecule has 1 aromatic rings. The highest BCUT2D eigenvalue weighted by atomic mass is 32.1. The van der Waals surface area contributed by atoms with Crippen molar-refractivity contribution in [1.82, 2.24) is 9.36 Å². The second-order valence-corrected chi connectivity index (χ2v) is 4.41. The van der Waals surface area contributed by atoms with Gasteiger partial charge in [-0.3, -0.25) is 0 Å². The van der Waals surface area contributed by atoms with Crippen LogP contribution in [-0.4, -0.2) is 15.9 Å². The average molecular weight is 197 g/mol. The summed E-state index contributed by atoms with van der Waals surface area (Å²) >= 11 is 1.45. The molecule has 1 saturated carbocycles. The average Bonchev–Trinajstić information content (AvgIpc) is 2.42. The summed E-state index contributed by atoms with van der Waals surface area (Å²) in [6, 6.07) is 0. The van der Waals surface area contributed by atoms with E-state index in [0.29, 0.717) is 0 Å². The Kier molecular flexibility index (Phi) is 2.78. The van der Waals surface area contributed by atoms with Gasteiger partial charge in [-0.05, 0) is 19.3 Å². The molecule has 0 spiro atoms. The number of anilines is 1. The Morgan fingerprint density at radius 3 is 2.92 bits per heavy atom. The van der Waals surface area contributed by atoms with Crippen molar-refractivity contribution < 1.29 is 0 Å². The molecule has 4 heteroatoms. The van der Waals surface area contributed by atoms with Gasteiger partial charge in [0.2, 0.25) is 5.13 Å². The molecule has 1 fully saturated rings. The third kappa shape index (κ3) is 2.40. The van der Waals surface area contributed by atoms with Crippen LogP contribution in [0.2, 0.25) is 0 Å². The van der Waals surface area contributed by atoms with E-state index in [-0.39, 0.29) is 0 Å². The number of nitrogens with one attached hydrogen (secondary N) is 1. The first-order chi connectivity index (χ1) is 6.34. The molecule has 0 aliphatic heterocycles. The van der Waals surface area contributed by atoms with Gasteiger partial charge in [0.1, 0.15) is 5.82 Å². The standard InChI is InChI=1S/C9H15N3S/c1-7-11-9(13-12-7)10-6-5-8-3-2-4-8/h8H,2-6H2,1H3,(H,10,11,12). The number of aromatic nitrogens is 2. The Balaban J connectivity index is 1.67. The predicted molar refractivity (Wildman–Crippen MR) is 55.1 cm³/mol. The second kappa shape index (κ2) is 4.05. The summed E-state index contributed by atoms with van der Waals surface area (Å²) in [6.07, 6.45) is 5.58. The molecule has 13 heavy (non-hydrogen) atoms. The third-order valence-electron chi connectivity index (χ3n) is 2.58. The van der Waals surface area contributed by atoms with E-state index in [1.807, 2.05) is 6.92 Å². The van der Waals surface area contributed by atoms with Crippen molar-refractivity contribution >= 4 is 16.7 Å². The van der Waals surface area contributed by atoms with Crippen molar-refractivity contribution in [3.8, 4) is 0 Å². The zero-order valence-corrected chi connectivity index (χ0v) is 8.73. The van der Waals surface area contributed by atoms with Crippen molar-refractivity contribution in [2.24, 2.45) is 5.92 Å². The van der Waals surface area contributed by atoms with Gasteiger partial charge in [0.15, 0.2) is 0 Å². The molecule has 0 aromatic carbocycles. The van der Waals surface area contributed by atoms with Crippen LogP contribution in [0.3, 0.4) is 0 Å². The van der Waals surface area contributed by atoms with Crippen molar-refractivity contribution in [3.63, 3.8) is 0 Å². The zero-order valence-electron chi connectivity index (χ0n) is 7.92. The molecule has 1 heterocycles. The van der Waals surface area contributed by atoms with Crippen molar-refractivity contribution in [1.29, 1.82) is 0 Å². The fourth-order valence-corrected chi connectivity index (χ4v) is 2.13. The van der Waals surface area contributed by atoms with E-state index in [0.717, 1.165) is 23.4 Å². The molecule has 0 radical (unpaired) electrons. The predicted octanol–water partition coefficient (Wildman–Crippen LogP) is 2.45. The van der Waals surface area contributed by atoms with Crippen LogP contribution in [0.1, 0.15) is 31.5 Å². The smallest absolute Gasteiger partial charge is 0.202 e. The van der Waals surface area contributed by atoms with Gasteiger partial charge < -0.3 is 5.32 Å². The number of hydrogen-bond acceptors (Lipinski definition) is 4. The second-order valence-electron chi connectivity index (χ2n) is 3.66. The highest BCUT2D eigenvalue weighted by molar-refractivity contribution is 7.09. The Hall–Kier alpha value is -0.640. The lowest BCUT2D eigenvalue weighted by Gasteiger charge is -2.24. The molecular weight excluding hydrogens is 182 g/mol. The molecule has 72 valence electrons. The fourth-order valence-electron chi connectivity index (χ4n) is 1.53. The van der Waals surface area contributed by atoms with Crippen LogP contribution in [-0.2, 0) is 0 Å². The molecule has 3 nitrogen and oxygen atoms in total. The SMILES string of the molecule is Cc1nsc(NCCC2CCC2)n1.